The Morgan fingerprint density at radius 2 is 1.83 bits per heavy atom. The molecule has 1 amide bonds. The fourth-order valence-corrected chi connectivity index (χ4v) is 3.06. The van der Waals surface area contributed by atoms with Gasteiger partial charge in [-0.05, 0) is 25.0 Å². The van der Waals surface area contributed by atoms with Crippen LogP contribution in [-0.4, -0.2) is 28.7 Å². The molecule has 0 atom stereocenters. The third kappa shape index (κ3) is 3.35. The van der Waals surface area contributed by atoms with Gasteiger partial charge in [-0.25, -0.2) is 0 Å². The first-order valence-corrected chi connectivity index (χ1v) is 7.87. The maximum atomic E-state index is 12.5. The van der Waals surface area contributed by atoms with Crippen LogP contribution in [0.4, 0.5) is 0 Å². The smallest absolute Gasteiger partial charge is 0.254 e. The highest BCUT2D eigenvalue weighted by Gasteiger charge is 2.25. The molecule has 0 radical (unpaired) electrons. The first kappa shape index (κ1) is 13.6. The zero-order valence-corrected chi connectivity index (χ0v) is 12.2. The highest BCUT2D eigenvalue weighted by atomic mass is 79.9. The molecule has 0 unspecified atom stereocenters. The van der Waals surface area contributed by atoms with Gasteiger partial charge in [0.15, 0.2) is 0 Å². The van der Waals surface area contributed by atoms with E-state index >= 15 is 0 Å². The van der Waals surface area contributed by atoms with Crippen LogP contribution in [0.25, 0.3) is 0 Å². The molecule has 0 saturated heterocycles. The predicted octanol–water partition coefficient (Wildman–Crippen LogP) is 3.86. The molecule has 0 N–H and O–H groups in total. The second-order valence-electron chi connectivity index (χ2n) is 4.85. The monoisotopic (exact) mass is 309 g/mol. The van der Waals surface area contributed by atoms with Crippen molar-refractivity contribution < 1.29 is 4.79 Å². The summed E-state index contributed by atoms with van der Waals surface area (Å²) in [5.41, 5.74) is 0.809. The van der Waals surface area contributed by atoms with Crippen LogP contribution in [0.1, 0.15) is 42.5 Å². The summed E-state index contributed by atoms with van der Waals surface area (Å²) in [6.45, 7) is 0.804. The van der Waals surface area contributed by atoms with Crippen LogP contribution in [0.15, 0.2) is 30.3 Å². The minimum Gasteiger partial charge on any atom is -0.335 e. The van der Waals surface area contributed by atoms with Crippen LogP contribution in [0.2, 0.25) is 0 Å². The van der Waals surface area contributed by atoms with Crippen molar-refractivity contribution in [3.8, 4) is 0 Å². The molecule has 1 fully saturated rings. The van der Waals surface area contributed by atoms with E-state index in [1.54, 1.807) is 0 Å². The second kappa shape index (κ2) is 6.93. The van der Waals surface area contributed by atoms with Gasteiger partial charge >= 0.3 is 0 Å². The zero-order chi connectivity index (χ0) is 12.8. The minimum atomic E-state index is 0.182. The van der Waals surface area contributed by atoms with Gasteiger partial charge in [0, 0.05) is 23.5 Å². The lowest BCUT2D eigenvalue weighted by molar-refractivity contribution is 0.0651. The summed E-state index contributed by atoms with van der Waals surface area (Å²) in [6.07, 6.45) is 6.15. The van der Waals surface area contributed by atoms with E-state index in [9.17, 15) is 4.79 Å². The molecule has 0 heterocycles. The van der Waals surface area contributed by atoms with Gasteiger partial charge < -0.3 is 4.90 Å². The van der Waals surface area contributed by atoms with Crippen molar-refractivity contribution in [3.63, 3.8) is 0 Å². The molecule has 1 saturated carbocycles. The number of alkyl halides is 1. The van der Waals surface area contributed by atoms with E-state index in [4.69, 9.17) is 0 Å². The fraction of sp³-hybridized carbons (Fsp3) is 0.533. The van der Waals surface area contributed by atoms with Gasteiger partial charge in [-0.3, -0.25) is 4.79 Å². The van der Waals surface area contributed by atoms with Crippen LogP contribution in [0, 0.1) is 0 Å². The molecule has 18 heavy (non-hydrogen) atoms. The van der Waals surface area contributed by atoms with Gasteiger partial charge in [0.2, 0.25) is 0 Å². The maximum Gasteiger partial charge on any atom is 0.254 e. The molecule has 0 aliphatic heterocycles. The Bertz CT molecular complexity index is 373. The van der Waals surface area contributed by atoms with Gasteiger partial charge in [0.25, 0.3) is 5.91 Å². The number of benzene rings is 1. The summed E-state index contributed by atoms with van der Waals surface area (Å²) >= 11 is 3.46. The Balaban J connectivity index is 2.11. The molecule has 1 aromatic rings. The molecule has 0 spiro atoms. The van der Waals surface area contributed by atoms with Gasteiger partial charge in [0.1, 0.15) is 0 Å². The molecule has 1 aromatic carbocycles. The molecule has 98 valence electrons. The summed E-state index contributed by atoms with van der Waals surface area (Å²) in [6, 6.07) is 10.1. The Morgan fingerprint density at radius 3 is 2.44 bits per heavy atom. The van der Waals surface area contributed by atoms with E-state index < -0.39 is 0 Å². The quantitative estimate of drug-likeness (QED) is 0.773. The van der Waals surface area contributed by atoms with Gasteiger partial charge in [-0.2, -0.15) is 0 Å². The van der Waals surface area contributed by atoms with E-state index in [1.807, 2.05) is 30.3 Å². The number of halogens is 1. The normalized spacial score (nSPS) is 16.5. The zero-order valence-electron chi connectivity index (χ0n) is 10.6. The van der Waals surface area contributed by atoms with Crippen LogP contribution < -0.4 is 0 Å². The maximum absolute atomic E-state index is 12.5. The number of carbonyl (C=O) groups excluding carboxylic acids is 1. The lowest BCUT2D eigenvalue weighted by Crippen LogP contribution is -2.42. The lowest BCUT2D eigenvalue weighted by Gasteiger charge is -2.34. The average molecular weight is 310 g/mol. The van der Waals surface area contributed by atoms with Crippen molar-refractivity contribution in [2.75, 3.05) is 11.9 Å². The molecule has 1 aliphatic carbocycles. The van der Waals surface area contributed by atoms with Crippen LogP contribution >= 0.6 is 15.9 Å². The van der Waals surface area contributed by atoms with Gasteiger partial charge in [-0.1, -0.05) is 53.4 Å². The van der Waals surface area contributed by atoms with E-state index in [2.05, 4.69) is 20.8 Å². The largest absolute Gasteiger partial charge is 0.335 e. The van der Waals surface area contributed by atoms with E-state index in [-0.39, 0.29) is 5.91 Å². The standard InChI is InChI=1S/C15H20BrNO/c16-11-12-17(14-9-5-2-6-10-14)15(18)13-7-3-1-4-8-13/h1,3-4,7-8,14H,2,5-6,9-12H2. The average Bonchev–Trinajstić information content (AvgIpc) is 2.46. The van der Waals surface area contributed by atoms with Crippen molar-refractivity contribution in [2.45, 2.75) is 38.1 Å². The molecule has 0 bridgehead atoms. The third-order valence-corrected chi connectivity index (χ3v) is 3.98. The van der Waals surface area contributed by atoms with E-state index in [0.717, 1.165) is 30.3 Å². The van der Waals surface area contributed by atoms with Crippen molar-refractivity contribution in [1.29, 1.82) is 0 Å². The number of rotatable bonds is 4. The molecular formula is C15H20BrNO. The Morgan fingerprint density at radius 1 is 1.17 bits per heavy atom. The van der Waals surface area contributed by atoms with Crippen LogP contribution in [0.3, 0.4) is 0 Å². The summed E-state index contributed by atoms with van der Waals surface area (Å²) in [5.74, 6) is 0.182. The van der Waals surface area contributed by atoms with E-state index in [0.29, 0.717) is 6.04 Å². The molecule has 0 aromatic heterocycles. The number of nitrogens with zero attached hydrogens (tertiary/aromatic N) is 1. The SMILES string of the molecule is O=C(c1ccccc1)N(CCBr)C1CCCCC1. The van der Waals surface area contributed by atoms with Crippen molar-refractivity contribution in [3.05, 3.63) is 35.9 Å². The topological polar surface area (TPSA) is 20.3 Å². The van der Waals surface area contributed by atoms with Crippen molar-refractivity contribution in [2.24, 2.45) is 0 Å². The van der Waals surface area contributed by atoms with Crippen molar-refractivity contribution in [1.82, 2.24) is 4.90 Å². The fourth-order valence-electron chi connectivity index (χ4n) is 2.68. The Hall–Kier alpha value is -0.830. The first-order chi connectivity index (χ1) is 8.83. The summed E-state index contributed by atoms with van der Waals surface area (Å²) in [7, 11) is 0. The highest BCUT2D eigenvalue weighted by Crippen LogP contribution is 2.24. The molecule has 1 aliphatic rings. The summed E-state index contributed by atoms with van der Waals surface area (Å²) in [4.78, 5) is 14.6. The van der Waals surface area contributed by atoms with Crippen molar-refractivity contribution >= 4 is 21.8 Å². The second-order valence-corrected chi connectivity index (χ2v) is 5.64. The van der Waals surface area contributed by atoms with Gasteiger partial charge in [-0.15, -0.1) is 0 Å². The summed E-state index contributed by atoms with van der Waals surface area (Å²) in [5, 5.41) is 0.849. The lowest BCUT2D eigenvalue weighted by atomic mass is 9.93. The minimum absolute atomic E-state index is 0.182. The van der Waals surface area contributed by atoms with Crippen LogP contribution in [0.5, 0.6) is 0 Å². The van der Waals surface area contributed by atoms with Gasteiger partial charge in [0.05, 0.1) is 0 Å². The number of amides is 1. The Kier molecular flexibility index (Phi) is 5.24. The number of carbonyl (C=O) groups is 1. The van der Waals surface area contributed by atoms with Crippen LogP contribution in [-0.2, 0) is 0 Å². The highest BCUT2D eigenvalue weighted by molar-refractivity contribution is 9.09. The molecule has 2 rings (SSSR count). The number of hydrogen-bond donors (Lipinski definition) is 0. The molecular weight excluding hydrogens is 290 g/mol. The predicted molar refractivity (Wildman–Crippen MR) is 78.1 cm³/mol. The number of hydrogen-bond acceptors (Lipinski definition) is 1. The Labute approximate surface area is 117 Å². The first-order valence-electron chi connectivity index (χ1n) is 6.75. The third-order valence-electron chi connectivity index (χ3n) is 3.62. The molecule has 3 heteroatoms. The summed E-state index contributed by atoms with van der Waals surface area (Å²) < 4.78 is 0. The molecule has 2 nitrogen and oxygen atoms in total. The van der Waals surface area contributed by atoms with E-state index in [1.165, 1.54) is 19.3 Å².